The van der Waals surface area contributed by atoms with Crippen molar-refractivity contribution in [2.24, 2.45) is 0 Å². The van der Waals surface area contributed by atoms with Crippen LogP contribution in [0.25, 0.3) is 0 Å². The summed E-state index contributed by atoms with van der Waals surface area (Å²) >= 11 is 0. The maximum Gasteiger partial charge on any atom is 0.0761 e. The predicted octanol–water partition coefficient (Wildman–Crippen LogP) is 3.25. The van der Waals surface area contributed by atoms with E-state index < -0.39 is 0 Å². The van der Waals surface area contributed by atoms with Crippen molar-refractivity contribution in [1.82, 2.24) is 5.06 Å². The number of ether oxygens (including phenoxy) is 1. The minimum atomic E-state index is -0.139. The van der Waals surface area contributed by atoms with Crippen LogP contribution >= 0.6 is 0 Å². The molecule has 0 spiro atoms. The molecular weight excluding hydrogens is 226 g/mol. The molecule has 1 rings (SSSR count). The zero-order valence-electron chi connectivity index (χ0n) is 11.1. The highest BCUT2D eigenvalue weighted by molar-refractivity contribution is 5.13. The van der Waals surface area contributed by atoms with Crippen molar-refractivity contribution in [2.75, 3.05) is 13.2 Å². The van der Waals surface area contributed by atoms with Crippen molar-refractivity contribution in [3.05, 3.63) is 48.6 Å². The van der Waals surface area contributed by atoms with Gasteiger partial charge in [-0.3, -0.25) is 0 Å². The van der Waals surface area contributed by atoms with Crippen LogP contribution in [-0.2, 0) is 11.3 Å². The van der Waals surface area contributed by atoms with Crippen LogP contribution in [0, 0.1) is 0 Å². The van der Waals surface area contributed by atoms with Crippen molar-refractivity contribution in [2.45, 2.75) is 32.4 Å². The van der Waals surface area contributed by atoms with Gasteiger partial charge in [0.05, 0.1) is 19.3 Å². The van der Waals surface area contributed by atoms with Crippen LogP contribution in [-0.4, -0.2) is 29.5 Å². The third-order valence-electron chi connectivity index (χ3n) is 2.80. The van der Waals surface area contributed by atoms with Gasteiger partial charge in [-0.2, -0.15) is 5.06 Å². The first-order valence-corrected chi connectivity index (χ1v) is 6.47. The molecule has 3 heteroatoms. The highest BCUT2D eigenvalue weighted by Crippen LogP contribution is 2.05. The third-order valence-corrected chi connectivity index (χ3v) is 2.80. The number of hydrogen-bond acceptors (Lipinski definition) is 3. The molecule has 1 atom stereocenters. The fraction of sp³-hybridized carbons (Fsp3) is 0.467. The summed E-state index contributed by atoms with van der Waals surface area (Å²) in [6.45, 7) is 7.51. The van der Waals surface area contributed by atoms with Crippen molar-refractivity contribution < 1.29 is 9.94 Å². The van der Waals surface area contributed by atoms with Gasteiger partial charge < -0.3 is 9.94 Å². The highest BCUT2D eigenvalue weighted by atomic mass is 16.5. The van der Waals surface area contributed by atoms with Crippen LogP contribution in [0.1, 0.15) is 25.3 Å². The molecule has 18 heavy (non-hydrogen) atoms. The Morgan fingerprint density at radius 3 is 2.72 bits per heavy atom. The highest BCUT2D eigenvalue weighted by Gasteiger charge is 2.12. The molecule has 100 valence electrons. The van der Waals surface area contributed by atoms with Crippen molar-refractivity contribution in [1.29, 1.82) is 0 Å². The Morgan fingerprint density at radius 2 is 2.11 bits per heavy atom. The molecule has 1 aromatic rings. The number of hydrogen-bond donors (Lipinski definition) is 1. The quantitative estimate of drug-likeness (QED) is 0.538. The zero-order valence-corrected chi connectivity index (χ0v) is 11.1. The van der Waals surface area contributed by atoms with Crippen molar-refractivity contribution >= 4 is 0 Å². The Morgan fingerprint density at radius 1 is 1.39 bits per heavy atom. The Kier molecular flexibility index (Phi) is 7.34. The van der Waals surface area contributed by atoms with E-state index in [9.17, 15) is 5.21 Å². The van der Waals surface area contributed by atoms with E-state index in [2.05, 4.69) is 13.5 Å². The van der Waals surface area contributed by atoms with Crippen LogP contribution in [0.3, 0.4) is 0 Å². The van der Waals surface area contributed by atoms with Crippen molar-refractivity contribution in [3.63, 3.8) is 0 Å². The Hall–Kier alpha value is -1.16. The van der Waals surface area contributed by atoms with Gasteiger partial charge in [-0.25, -0.2) is 0 Å². The standard InChI is InChI=1S/C15H23NO2/c1-3-5-11-16(17)15(4-2)13-18-12-14-9-7-6-8-10-14/h4,6-10,15,17H,2-3,5,11-13H2,1H3. The lowest BCUT2D eigenvalue weighted by molar-refractivity contribution is -0.130. The fourth-order valence-electron chi connectivity index (χ4n) is 1.63. The summed E-state index contributed by atoms with van der Waals surface area (Å²) in [6, 6.07) is 9.87. The molecule has 0 aliphatic heterocycles. The monoisotopic (exact) mass is 249 g/mol. The molecule has 1 N–H and O–H groups in total. The minimum Gasteiger partial charge on any atom is -0.375 e. The molecular formula is C15H23NO2. The van der Waals surface area contributed by atoms with Gasteiger partial charge in [0, 0.05) is 6.54 Å². The van der Waals surface area contributed by atoms with Gasteiger partial charge in [-0.05, 0) is 12.0 Å². The van der Waals surface area contributed by atoms with Gasteiger partial charge in [0.15, 0.2) is 0 Å². The fourth-order valence-corrected chi connectivity index (χ4v) is 1.63. The maximum absolute atomic E-state index is 9.82. The van der Waals surface area contributed by atoms with E-state index in [-0.39, 0.29) is 6.04 Å². The number of rotatable bonds is 9. The second kappa shape index (κ2) is 8.86. The minimum absolute atomic E-state index is 0.139. The summed E-state index contributed by atoms with van der Waals surface area (Å²) in [5, 5.41) is 11.1. The molecule has 0 aliphatic carbocycles. The summed E-state index contributed by atoms with van der Waals surface area (Å²) < 4.78 is 5.60. The molecule has 3 nitrogen and oxygen atoms in total. The van der Waals surface area contributed by atoms with Crippen LogP contribution in [0.2, 0.25) is 0 Å². The van der Waals surface area contributed by atoms with Crippen LogP contribution < -0.4 is 0 Å². The first kappa shape index (κ1) is 14.9. The number of benzene rings is 1. The molecule has 0 aliphatic rings. The molecule has 0 amide bonds. The van der Waals surface area contributed by atoms with E-state index in [1.807, 2.05) is 30.3 Å². The average molecular weight is 249 g/mol. The smallest absolute Gasteiger partial charge is 0.0761 e. The molecule has 0 aromatic heterocycles. The van der Waals surface area contributed by atoms with E-state index >= 15 is 0 Å². The zero-order chi connectivity index (χ0) is 13.2. The van der Waals surface area contributed by atoms with Gasteiger partial charge in [0.25, 0.3) is 0 Å². The van der Waals surface area contributed by atoms with E-state index in [0.29, 0.717) is 19.8 Å². The molecule has 0 radical (unpaired) electrons. The second-order valence-electron chi connectivity index (χ2n) is 4.32. The molecule has 0 saturated heterocycles. The normalized spacial score (nSPS) is 12.6. The van der Waals surface area contributed by atoms with Gasteiger partial charge in [-0.15, -0.1) is 6.58 Å². The van der Waals surface area contributed by atoms with E-state index in [0.717, 1.165) is 18.4 Å². The third kappa shape index (κ3) is 5.45. The average Bonchev–Trinajstić information content (AvgIpc) is 2.42. The number of nitrogens with zero attached hydrogens (tertiary/aromatic N) is 1. The van der Waals surface area contributed by atoms with Crippen LogP contribution in [0.5, 0.6) is 0 Å². The SMILES string of the molecule is C=CC(COCc1ccccc1)N(O)CCCC. The summed E-state index contributed by atoms with van der Waals surface area (Å²) in [5.41, 5.74) is 1.14. The maximum atomic E-state index is 9.82. The number of hydroxylamine groups is 2. The van der Waals surface area contributed by atoms with Crippen molar-refractivity contribution in [3.8, 4) is 0 Å². The van der Waals surface area contributed by atoms with Crippen LogP contribution in [0.4, 0.5) is 0 Å². The topological polar surface area (TPSA) is 32.7 Å². The summed E-state index contributed by atoms with van der Waals surface area (Å²) in [5.74, 6) is 0. The lowest BCUT2D eigenvalue weighted by atomic mass is 10.2. The summed E-state index contributed by atoms with van der Waals surface area (Å²) in [6.07, 6.45) is 3.76. The molecule has 0 bridgehead atoms. The van der Waals surface area contributed by atoms with Gasteiger partial charge >= 0.3 is 0 Å². The lowest BCUT2D eigenvalue weighted by Gasteiger charge is -2.22. The van der Waals surface area contributed by atoms with Crippen LogP contribution in [0.15, 0.2) is 43.0 Å². The first-order chi connectivity index (χ1) is 8.77. The summed E-state index contributed by atoms with van der Waals surface area (Å²) in [4.78, 5) is 0. The first-order valence-electron chi connectivity index (χ1n) is 6.47. The Bertz CT molecular complexity index is 327. The Balaban J connectivity index is 2.29. The van der Waals surface area contributed by atoms with Gasteiger partial charge in [-0.1, -0.05) is 49.8 Å². The van der Waals surface area contributed by atoms with Gasteiger partial charge in [0.1, 0.15) is 0 Å². The second-order valence-corrected chi connectivity index (χ2v) is 4.32. The molecule has 0 heterocycles. The molecule has 0 fully saturated rings. The molecule has 1 aromatic carbocycles. The summed E-state index contributed by atoms with van der Waals surface area (Å²) in [7, 11) is 0. The van der Waals surface area contributed by atoms with Gasteiger partial charge in [0.2, 0.25) is 0 Å². The lowest BCUT2D eigenvalue weighted by Crippen LogP contribution is -2.35. The predicted molar refractivity (Wildman–Crippen MR) is 73.5 cm³/mol. The number of unbranched alkanes of at least 4 members (excludes halogenated alkanes) is 1. The Labute approximate surface area is 110 Å². The largest absolute Gasteiger partial charge is 0.375 e. The van der Waals surface area contributed by atoms with E-state index in [1.165, 1.54) is 5.06 Å². The van der Waals surface area contributed by atoms with E-state index in [1.54, 1.807) is 6.08 Å². The van der Waals surface area contributed by atoms with E-state index in [4.69, 9.17) is 4.74 Å². The molecule has 0 saturated carbocycles. The molecule has 1 unspecified atom stereocenters.